The number of aromatic hydroxyl groups is 1. The topological polar surface area (TPSA) is 102 Å². The lowest BCUT2D eigenvalue weighted by Crippen LogP contribution is -2.26. The Morgan fingerprint density at radius 2 is 2.21 bits per heavy atom. The van der Waals surface area contributed by atoms with Gasteiger partial charge in [-0.3, -0.25) is 9.59 Å². The predicted molar refractivity (Wildman–Crippen MR) is 70.8 cm³/mol. The predicted octanol–water partition coefficient (Wildman–Crippen LogP) is 1.28. The van der Waals surface area contributed by atoms with E-state index in [0.717, 1.165) is 0 Å². The van der Waals surface area contributed by atoms with E-state index in [-0.39, 0.29) is 22.6 Å². The van der Waals surface area contributed by atoms with Gasteiger partial charge in [-0.1, -0.05) is 13.5 Å². The van der Waals surface area contributed by atoms with E-state index in [1.807, 2.05) is 0 Å². The molecule has 0 aliphatic heterocycles. The minimum Gasteiger partial charge on any atom is -0.512 e. The Morgan fingerprint density at radius 1 is 1.58 bits per heavy atom. The van der Waals surface area contributed by atoms with Crippen LogP contribution in [0.5, 0.6) is 5.75 Å². The van der Waals surface area contributed by atoms with E-state index in [1.165, 1.54) is 25.4 Å². The second-order valence-corrected chi connectivity index (χ2v) is 4.00. The molecule has 0 saturated carbocycles. The summed E-state index contributed by atoms with van der Waals surface area (Å²) in [6.07, 6.45) is 2.47. The lowest BCUT2D eigenvalue weighted by atomic mass is 9.91. The van der Waals surface area contributed by atoms with Crippen molar-refractivity contribution in [2.24, 2.45) is 0 Å². The number of allylic oxidation sites excluding steroid dienone is 1. The standard InChI is InChI=1S/C13H16N2O4/c1-4-14-12(18)10(8(3)16)7(2)11-9(17)5-6-15-13(11)19/h4-7,16H,1H2,2-3H3,(H,14,18)(H2,15,17,19)/b10-8+. The summed E-state index contributed by atoms with van der Waals surface area (Å²) in [5.74, 6) is -1.81. The third kappa shape index (κ3) is 3.04. The first kappa shape index (κ1) is 14.6. The van der Waals surface area contributed by atoms with Crippen LogP contribution in [0.15, 0.2) is 41.2 Å². The number of aromatic nitrogens is 1. The molecule has 0 aliphatic rings. The number of nitrogens with one attached hydrogen (secondary N) is 2. The molecular formula is C13H16N2O4. The highest BCUT2D eigenvalue weighted by Gasteiger charge is 2.25. The van der Waals surface area contributed by atoms with Gasteiger partial charge < -0.3 is 20.5 Å². The lowest BCUT2D eigenvalue weighted by Gasteiger charge is -2.16. The van der Waals surface area contributed by atoms with Crippen LogP contribution in [-0.4, -0.2) is 21.1 Å². The summed E-state index contributed by atoms with van der Waals surface area (Å²) in [6, 6.07) is 1.31. The molecule has 102 valence electrons. The first-order valence-electron chi connectivity index (χ1n) is 5.62. The first-order chi connectivity index (χ1) is 8.90. The Balaban J connectivity index is 3.34. The van der Waals surface area contributed by atoms with Gasteiger partial charge >= 0.3 is 0 Å². The third-order valence-electron chi connectivity index (χ3n) is 2.71. The number of hydrogen-bond acceptors (Lipinski definition) is 4. The summed E-state index contributed by atoms with van der Waals surface area (Å²) in [5, 5.41) is 21.7. The number of H-pyrrole nitrogens is 1. The third-order valence-corrected chi connectivity index (χ3v) is 2.71. The number of rotatable bonds is 4. The zero-order valence-electron chi connectivity index (χ0n) is 10.7. The molecule has 1 atom stereocenters. The number of aliphatic hydroxyl groups is 1. The molecule has 6 nitrogen and oxygen atoms in total. The van der Waals surface area contributed by atoms with Crippen LogP contribution in [0.4, 0.5) is 0 Å². The van der Waals surface area contributed by atoms with Crippen LogP contribution in [0.3, 0.4) is 0 Å². The number of aliphatic hydroxyl groups excluding tert-OH is 1. The fourth-order valence-electron chi connectivity index (χ4n) is 1.89. The summed E-state index contributed by atoms with van der Waals surface area (Å²) in [6.45, 7) is 6.24. The molecule has 1 unspecified atom stereocenters. The van der Waals surface area contributed by atoms with Crippen molar-refractivity contribution in [1.82, 2.24) is 10.3 Å². The van der Waals surface area contributed by atoms with Crippen molar-refractivity contribution in [1.29, 1.82) is 0 Å². The van der Waals surface area contributed by atoms with Crippen LogP contribution in [-0.2, 0) is 4.79 Å². The molecule has 0 bridgehead atoms. The monoisotopic (exact) mass is 264 g/mol. The fraction of sp³-hybridized carbons (Fsp3) is 0.231. The van der Waals surface area contributed by atoms with Gasteiger partial charge in [0.05, 0.1) is 16.9 Å². The maximum atomic E-state index is 11.8. The van der Waals surface area contributed by atoms with E-state index in [1.54, 1.807) is 6.92 Å². The molecule has 19 heavy (non-hydrogen) atoms. The van der Waals surface area contributed by atoms with Crippen molar-refractivity contribution in [2.75, 3.05) is 0 Å². The summed E-state index contributed by atoms with van der Waals surface area (Å²) in [7, 11) is 0. The fourth-order valence-corrected chi connectivity index (χ4v) is 1.89. The summed E-state index contributed by atoms with van der Waals surface area (Å²) < 4.78 is 0. The van der Waals surface area contributed by atoms with Gasteiger partial charge in [-0.2, -0.15) is 0 Å². The van der Waals surface area contributed by atoms with Gasteiger partial charge in [0.2, 0.25) is 0 Å². The Kier molecular flexibility index (Phi) is 4.52. The van der Waals surface area contributed by atoms with Crippen LogP contribution < -0.4 is 10.9 Å². The SMILES string of the molecule is C=CNC(=O)/C(=C(\C)O)C(C)c1c(O)cc[nH]c1=O. The highest BCUT2D eigenvalue weighted by molar-refractivity contribution is 5.95. The average Bonchev–Trinajstić information content (AvgIpc) is 2.28. The Hall–Kier alpha value is -2.50. The molecular weight excluding hydrogens is 248 g/mol. The number of amides is 1. The second kappa shape index (κ2) is 5.90. The van der Waals surface area contributed by atoms with E-state index in [9.17, 15) is 19.8 Å². The molecule has 6 heteroatoms. The number of carbonyl (C=O) groups is 1. The number of aromatic amines is 1. The quantitative estimate of drug-likeness (QED) is 0.486. The Bertz CT molecular complexity index is 583. The van der Waals surface area contributed by atoms with Gasteiger partial charge in [0.15, 0.2) is 0 Å². The highest BCUT2D eigenvalue weighted by atomic mass is 16.3. The van der Waals surface area contributed by atoms with Crippen LogP contribution >= 0.6 is 0 Å². The largest absolute Gasteiger partial charge is 0.512 e. The molecule has 1 rings (SSSR count). The van der Waals surface area contributed by atoms with Gasteiger partial charge in [-0.25, -0.2) is 0 Å². The van der Waals surface area contributed by atoms with E-state index in [0.29, 0.717) is 0 Å². The molecule has 0 aromatic carbocycles. The Labute approximate surface area is 110 Å². The average molecular weight is 264 g/mol. The molecule has 1 aromatic rings. The first-order valence-corrected chi connectivity index (χ1v) is 5.62. The van der Waals surface area contributed by atoms with Crippen molar-refractivity contribution < 1.29 is 15.0 Å². The lowest BCUT2D eigenvalue weighted by molar-refractivity contribution is -0.117. The zero-order chi connectivity index (χ0) is 14.6. The van der Waals surface area contributed by atoms with Gasteiger partial charge in [0.1, 0.15) is 5.75 Å². The molecule has 0 saturated heterocycles. The summed E-state index contributed by atoms with van der Waals surface area (Å²) in [5.41, 5.74) is -0.505. The molecule has 0 fully saturated rings. The normalized spacial score (nSPS) is 13.4. The molecule has 0 radical (unpaired) electrons. The number of carbonyl (C=O) groups excluding carboxylic acids is 1. The van der Waals surface area contributed by atoms with Crippen molar-refractivity contribution in [3.8, 4) is 5.75 Å². The van der Waals surface area contributed by atoms with Crippen LogP contribution in [0.2, 0.25) is 0 Å². The van der Waals surface area contributed by atoms with Gasteiger partial charge in [-0.05, 0) is 19.2 Å². The van der Waals surface area contributed by atoms with Crippen LogP contribution in [0.25, 0.3) is 0 Å². The Morgan fingerprint density at radius 3 is 2.68 bits per heavy atom. The minimum atomic E-state index is -0.769. The number of pyridine rings is 1. The minimum absolute atomic E-state index is 0.00750. The smallest absolute Gasteiger partial charge is 0.255 e. The van der Waals surface area contributed by atoms with Crippen molar-refractivity contribution in [3.63, 3.8) is 0 Å². The molecule has 1 heterocycles. The van der Waals surface area contributed by atoms with E-state index < -0.39 is 17.4 Å². The van der Waals surface area contributed by atoms with Gasteiger partial charge in [0, 0.05) is 12.1 Å². The summed E-state index contributed by atoms with van der Waals surface area (Å²) >= 11 is 0. The highest BCUT2D eigenvalue weighted by Crippen LogP contribution is 2.29. The van der Waals surface area contributed by atoms with Crippen LogP contribution in [0.1, 0.15) is 25.3 Å². The van der Waals surface area contributed by atoms with Crippen molar-refractivity contribution in [2.45, 2.75) is 19.8 Å². The van der Waals surface area contributed by atoms with E-state index >= 15 is 0 Å². The van der Waals surface area contributed by atoms with E-state index in [2.05, 4.69) is 16.9 Å². The second-order valence-electron chi connectivity index (χ2n) is 4.00. The van der Waals surface area contributed by atoms with Gasteiger partial charge in [0.25, 0.3) is 11.5 Å². The van der Waals surface area contributed by atoms with Gasteiger partial charge in [-0.15, -0.1) is 0 Å². The molecule has 0 spiro atoms. The maximum Gasteiger partial charge on any atom is 0.255 e. The maximum absolute atomic E-state index is 11.8. The molecule has 1 aromatic heterocycles. The summed E-state index contributed by atoms with van der Waals surface area (Å²) in [4.78, 5) is 26.0. The van der Waals surface area contributed by atoms with Crippen molar-refractivity contribution in [3.05, 3.63) is 52.3 Å². The van der Waals surface area contributed by atoms with Crippen LogP contribution in [0, 0.1) is 0 Å². The zero-order valence-corrected chi connectivity index (χ0v) is 10.7. The molecule has 0 aliphatic carbocycles. The molecule has 1 amide bonds. The van der Waals surface area contributed by atoms with Crippen molar-refractivity contribution >= 4 is 5.91 Å². The molecule has 4 N–H and O–H groups in total. The van der Waals surface area contributed by atoms with E-state index in [4.69, 9.17) is 0 Å². The number of hydrogen-bond donors (Lipinski definition) is 4.